The minimum atomic E-state index is -0.00291. The maximum atomic E-state index is 11.6. The molecule has 0 rings (SSSR count). The van der Waals surface area contributed by atoms with E-state index in [0.717, 1.165) is 45.6 Å². The second-order valence-electron chi connectivity index (χ2n) is 5.98. The van der Waals surface area contributed by atoms with Crippen LogP contribution in [-0.4, -0.2) is 63.7 Å². The largest absolute Gasteiger partial charge is 0.381 e. The minimum absolute atomic E-state index is 0.00291. The smallest absolute Gasteiger partial charge is 0.243 e. The molecule has 0 saturated carbocycles. The summed E-state index contributed by atoms with van der Waals surface area (Å²) in [7, 11) is 3.48. The van der Waals surface area contributed by atoms with Crippen molar-refractivity contribution in [2.45, 2.75) is 40.0 Å². The molecule has 0 radical (unpaired) electrons. The van der Waals surface area contributed by atoms with Gasteiger partial charge in [0.25, 0.3) is 0 Å². The van der Waals surface area contributed by atoms with Crippen LogP contribution in [-0.2, 0) is 9.53 Å². The minimum Gasteiger partial charge on any atom is -0.381 e. The van der Waals surface area contributed by atoms with E-state index in [2.05, 4.69) is 36.4 Å². The molecule has 22 heavy (non-hydrogen) atoms. The van der Waals surface area contributed by atoms with Crippen molar-refractivity contribution < 1.29 is 9.53 Å². The van der Waals surface area contributed by atoms with Crippen LogP contribution in [0, 0.1) is 5.92 Å². The van der Waals surface area contributed by atoms with Gasteiger partial charge in [0, 0.05) is 40.4 Å². The van der Waals surface area contributed by atoms with E-state index in [1.807, 2.05) is 0 Å². The van der Waals surface area contributed by atoms with Gasteiger partial charge in [0.2, 0.25) is 5.91 Å². The van der Waals surface area contributed by atoms with Crippen molar-refractivity contribution in [2.24, 2.45) is 10.9 Å². The summed E-state index contributed by atoms with van der Waals surface area (Å²) in [5.41, 5.74) is 0. The zero-order valence-electron chi connectivity index (χ0n) is 14.9. The average Bonchev–Trinajstić information content (AvgIpc) is 2.46. The summed E-state index contributed by atoms with van der Waals surface area (Å²) in [6, 6.07) is 0. The highest BCUT2D eigenvalue weighted by Crippen LogP contribution is 1.93. The molecule has 0 aliphatic heterocycles. The van der Waals surface area contributed by atoms with Crippen molar-refractivity contribution in [3.05, 3.63) is 0 Å². The molecule has 0 bridgehead atoms. The van der Waals surface area contributed by atoms with Crippen LogP contribution in [0.5, 0.6) is 0 Å². The van der Waals surface area contributed by atoms with E-state index < -0.39 is 0 Å². The second-order valence-corrected chi connectivity index (χ2v) is 5.98. The standard InChI is InChI=1S/C16H34N4O2/c1-6-7-9-17-16(19-12-15(21)20(4)5)18-10-8-11-22-13-14(2)3/h14H,6-13H2,1-5H3,(H2,17,18,19). The van der Waals surface area contributed by atoms with Gasteiger partial charge in [-0.25, -0.2) is 4.99 Å². The average molecular weight is 314 g/mol. The Morgan fingerprint density at radius 1 is 1.18 bits per heavy atom. The van der Waals surface area contributed by atoms with Crippen molar-refractivity contribution in [1.82, 2.24) is 15.5 Å². The first-order valence-electron chi connectivity index (χ1n) is 8.27. The van der Waals surface area contributed by atoms with Gasteiger partial charge in [0.1, 0.15) is 6.54 Å². The second kappa shape index (κ2) is 13.4. The number of likely N-dealkylation sites (N-methyl/N-ethyl adjacent to an activating group) is 1. The fraction of sp³-hybridized carbons (Fsp3) is 0.875. The molecule has 0 aromatic carbocycles. The highest BCUT2D eigenvalue weighted by atomic mass is 16.5. The lowest BCUT2D eigenvalue weighted by Crippen LogP contribution is -2.39. The molecule has 0 atom stereocenters. The van der Waals surface area contributed by atoms with E-state index in [1.165, 1.54) is 0 Å². The number of amides is 1. The lowest BCUT2D eigenvalue weighted by atomic mass is 10.2. The Balaban J connectivity index is 4.06. The van der Waals surface area contributed by atoms with E-state index in [4.69, 9.17) is 4.74 Å². The number of ether oxygens (including phenoxy) is 1. The van der Waals surface area contributed by atoms with Crippen molar-refractivity contribution in [3.8, 4) is 0 Å². The molecular formula is C16H34N4O2. The van der Waals surface area contributed by atoms with E-state index in [1.54, 1.807) is 19.0 Å². The van der Waals surface area contributed by atoms with Gasteiger partial charge in [-0.15, -0.1) is 0 Å². The van der Waals surface area contributed by atoms with Crippen LogP contribution in [0.4, 0.5) is 0 Å². The lowest BCUT2D eigenvalue weighted by Gasteiger charge is -2.14. The van der Waals surface area contributed by atoms with Gasteiger partial charge in [-0.2, -0.15) is 0 Å². The van der Waals surface area contributed by atoms with Gasteiger partial charge >= 0.3 is 0 Å². The molecule has 6 heteroatoms. The van der Waals surface area contributed by atoms with Gasteiger partial charge in [-0.05, 0) is 18.8 Å². The monoisotopic (exact) mass is 314 g/mol. The Kier molecular flexibility index (Phi) is 12.6. The van der Waals surface area contributed by atoms with E-state index in [-0.39, 0.29) is 12.5 Å². The Hall–Kier alpha value is -1.30. The highest BCUT2D eigenvalue weighted by Gasteiger charge is 2.04. The quantitative estimate of drug-likeness (QED) is 0.344. The Morgan fingerprint density at radius 2 is 1.82 bits per heavy atom. The Labute approximate surface area is 135 Å². The van der Waals surface area contributed by atoms with Gasteiger partial charge in [0.15, 0.2) is 5.96 Å². The van der Waals surface area contributed by atoms with Gasteiger partial charge < -0.3 is 20.3 Å². The van der Waals surface area contributed by atoms with Crippen LogP contribution in [0.15, 0.2) is 4.99 Å². The van der Waals surface area contributed by atoms with E-state index >= 15 is 0 Å². The molecule has 0 spiro atoms. The van der Waals surface area contributed by atoms with Crippen LogP contribution >= 0.6 is 0 Å². The molecule has 6 nitrogen and oxygen atoms in total. The third-order valence-corrected chi connectivity index (χ3v) is 2.90. The van der Waals surface area contributed by atoms with Crippen LogP contribution < -0.4 is 10.6 Å². The summed E-state index contributed by atoms with van der Waals surface area (Å²) < 4.78 is 5.54. The molecule has 0 heterocycles. The zero-order chi connectivity index (χ0) is 16.8. The van der Waals surface area contributed by atoms with Crippen LogP contribution in [0.3, 0.4) is 0 Å². The molecule has 0 aromatic rings. The molecule has 2 N–H and O–H groups in total. The molecular weight excluding hydrogens is 280 g/mol. The van der Waals surface area contributed by atoms with Crippen molar-refractivity contribution in [1.29, 1.82) is 0 Å². The summed E-state index contributed by atoms with van der Waals surface area (Å²) in [6.45, 7) is 9.78. The summed E-state index contributed by atoms with van der Waals surface area (Å²) >= 11 is 0. The number of nitrogens with zero attached hydrogens (tertiary/aromatic N) is 2. The van der Waals surface area contributed by atoms with Crippen LogP contribution in [0.1, 0.15) is 40.0 Å². The number of nitrogens with one attached hydrogen (secondary N) is 2. The Morgan fingerprint density at radius 3 is 2.36 bits per heavy atom. The predicted octanol–water partition coefficient (Wildman–Crippen LogP) is 1.47. The molecule has 0 fully saturated rings. The number of rotatable bonds is 11. The number of guanidine groups is 1. The van der Waals surface area contributed by atoms with E-state index in [9.17, 15) is 4.79 Å². The van der Waals surface area contributed by atoms with Crippen molar-refractivity contribution in [3.63, 3.8) is 0 Å². The third kappa shape index (κ3) is 12.4. The van der Waals surface area contributed by atoms with Crippen LogP contribution in [0.25, 0.3) is 0 Å². The molecule has 0 unspecified atom stereocenters. The number of carbonyl (C=O) groups is 1. The first-order valence-corrected chi connectivity index (χ1v) is 8.27. The van der Waals surface area contributed by atoms with E-state index in [0.29, 0.717) is 11.9 Å². The maximum absolute atomic E-state index is 11.6. The third-order valence-electron chi connectivity index (χ3n) is 2.90. The normalized spacial score (nSPS) is 11.6. The molecule has 130 valence electrons. The fourth-order valence-electron chi connectivity index (χ4n) is 1.55. The highest BCUT2D eigenvalue weighted by molar-refractivity contribution is 5.84. The first-order chi connectivity index (χ1) is 10.5. The maximum Gasteiger partial charge on any atom is 0.243 e. The molecule has 0 saturated heterocycles. The number of aliphatic imine (C=N–C) groups is 1. The van der Waals surface area contributed by atoms with Crippen molar-refractivity contribution in [2.75, 3.05) is 46.9 Å². The number of hydrogen-bond donors (Lipinski definition) is 2. The zero-order valence-corrected chi connectivity index (χ0v) is 14.9. The molecule has 0 aromatic heterocycles. The molecule has 0 aliphatic carbocycles. The summed E-state index contributed by atoms with van der Waals surface area (Å²) in [5, 5.41) is 6.50. The predicted molar refractivity (Wildman–Crippen MR) is 92.2 cm³/mol. The number of hydrogen-bond acceptors (Lipinski definition) is 3. The van der Waals surface area contributed by atoms with Crippen molar-refractivity contribution >= 4 is 11.9 Å². The summed E-state index contributed by atoms with van der Waals surface area (Å²) in [5.74, 6) is 1.27. The fourth-order valence-corrected chi connectivity index (χ4v) is 1.55. The van der Waals surface area contributed by atoms with Gasteiger partial charge in [-0.3, -0.25) is 4.79 Å². The number of unbranched alkanes of at least 4 members (excludes halogenated alkanes) is 1. The summed E-state index contributed by atoms with van der Waals surface area (Å²) in [6.07, 6.45) is 3.13. The number of carbonyl (C=O) groups excluding carboxylic acids is 1. The lowest BCUT2D eigenvalue weighted by molar-refractivity contribution is -0.127. The van der Waals surface area contributed by atoms with Gasteiger partial charge in [-0.1, -0.05) is 27.2 Å². The Bertz CT molecular complexity index is 317. The first kappa shape index (κ1) is 20.7. The summed E-state index contributed by atoms with van der Waals surface area (Å²) in [4.78, 5) is 17.5. The van der Waals surface area contributed by atoms with Gasteiger partial charge in [0.05, 0.1) is 0 Å². The topological polar surface area (TPSA) is 66.0 Å². The molecule has 1 amide bonds. The van der Waals surface area contributed by atoms with Crippen LogP contribution in [0.2, 0.25) is 0 Å². The SMILES string of the molecule is CCCCNC(=NCC(=O)N(C)C)NCCCOCC(C)C. The molecule has 0 aliphatic rings.